The minimum absolute atomic E-state index is 0.0618. The Labute approximate surface area is 176 Å². The van der Waals surface area contributed by atoms with E-state index in [9.17, 15) is 9.90 Å². The summed E-state index contributed by atoms with van der Waals surface area (Å²) in [5, 5.41) is 32.1. The molecule has 0 saturated heterocycles. The van der Waals surface area contributed by atoms with E-state index in [4.69, 9.17) is 39.0 Å². The maximum atomic E-state index is 11.7. The zero-order valence-electron chi connectivity index (χ0n) is 15.9. The molecule has 28 heavy (non-hydrogen) atoms. The van der Waals surface area contributed by atoms with Crippen molar-refractivity contribution in [1.82, 2.24) is 5.32 Å². The van der Waals surface area contributed by atoms with E-state index >= 15 is 0 Å². The average molecular weight is 431 g/mol. The zero-order valence-corrected chi connectivity index (χ0v) is 17.4. The molecule has 1 atom stereocenters. The second kappa shape index (κ2) is 10.8. The van der Waals surface area contributed by atoms with Crippen molar-refractivity contribution in [2.24, 2.45) is 11.7 Å². The highest BCUT2D eigenvalue weighted by Gasteiger charge is 2.47. The second-order valence-corrected chi connectivity index (χ2v) is 8.65. The molecule has 0 spiro atoms. The topological polar surface area (TPSA) is 116 Å². The Kier molecular flexibility index (Phi) is 9.05. The standard InChI is InChI=1S/C19H29BCl2N2O4/c21-15-8-13(9-16(22)12-15)4-3-7-24-17-10-14(11-17)19(23,18(25)26)5-1-2-6-20(27)28/h8-9,12,14,17,24,27-28H,1-7,10-11,23H2,(H,25,26). The Morgan fingerprint density at radius 3 is 2.39 bits per heavy atom. The first-order chi connectivity index (χ1) is 13.2. The van der Waals surface area contributed by atoms with Gasteiger partial charge < -0.3 is 26.2 Å². The van der Waals surface area contributed by atoms with Gasteiger partial charge in [-0.3, -0.25) is 4.79 Å². The molecular formula is C19H29BCl2N2O4. The molecule has 0 radical (unpaired) electrons. The molecule has 0 heterocycles. The summed E-state index contributed by atoms with van der Waals surface area (Å²) in [5.74, 6) is -1.04. The van der Waals surface area contributed by atoms with Crippen LogP contribution in [0.15, 0.2) is 18.2 Å². The number of aryl methyl sites for hydroxylation is 1. The van der Waals surface area contributed by atoms with Crippen molar-refractivity contribution in [3.05, 3.63) is 33.8 Å². The van der Waals surface area contributed by atoms with E-state index < -0.39 is 18.6 Å². The van der Waals surface area contributed by atoms with Gasteiger partial charge in [-0.1, -0.05) is 36.0 Å². The molecule has 0 aliphatic heterocycles. The summed E-state index contributed by atoms with van der Waals surface area (Å²) in [5.41, 5.74) is 6.07. The molecular weight excluding hydrogens is 402 g/mol. The van der Waals surface area contributed by atoms with Gasteiger partial charge in [0.05, 0.1) is 0 Å². The second-order valence-electron chi connectivity index (χ2n) is 7.77. The summed E-state index contributed by atoms with van der Waals surface area (Å²) in [6.07, 6.45) is 5.00. The van der Waals surface area contributed by atoms with Crippen molar-refractivity contribution in [3.8, 4) is 0 Å². The lowest BCUT2D eigenvalue weighted by Crippen LogP contribution is -2.61. The molecule has 1 aliphatic rings. The molecule has 0 amide bonds. The maximum absolute atomic E-state index is 11.7. The van der Waals surface area contributed by atoms with Crippen LogP contribution in [0.2, 0.25) is 16.4 Å². The van der Waals surface area contributed by atoms with Crippen LogP contribution in [0.4, 0.5) is 0 Å². The number of halogens is 2. The molecule has 9 heteroatoms. The van der Waals surface area contributed by atoms with E-state index in [1.54, 1.807) is 6.07 Å². The van der Waals surface area contributed by atoms with Gasteiger partial charge in [0.1, 0.15) is 5.54 Å². The fourth-order valence-electron chi connectivity index (χ4n) is 3.79. The summed E-state index contributed by atoms with van der Waals surface area (Å²) >= 11 is 12.0. The summed E-state index contributed by atoms with van der Waals surface area (Å²) in [4.78, 5) is 11.7. The fourth-order valence-corrected chi connectivity index (χ4v) is 4.36. The minimum Gasteiger partial charge on any atom is -0.480 e. The third-order valence-electron chi connectivity index (χ3n) is 5.57. The number of aliphatic carboxylic acids is 1. The van der Waals surface area contributed by atoms with Crippen LogP contribution in [-0.2, 0) is 11.2 Å². The number of carboxylic acid groups (broad SMARTS) is 1. The van der Waals surface area contributed by atoms with Gasteiger partial charge in [0.2, 0.25) is 0 Å². The van der Waals surface area contributed by atoms with Crippen molar-refractivity contribution < 1.29 is 19.9 Å². The number of carbonyl (C=O) groups is 1. The van der Waals surface area contributed by atoms with Gasteiger partial charge in [-0.15, -0.1) is 0 Å². The first-order valence-corrected chi connectivity index (χ1v) is 10.5. The third kappa shape index (κ3) is 6.90. The quantitative estimate of drug-likeness (QED) is 0.257. The highest BCUT2D eigenvalue weighted by molar-refractivity contribution is 6.40. The van der Waals surface area contributed by atoms with Crippen molar-refractivity contribution in [2.75, 3.05) is 6.54 Å². The number of nitrogens with two attached hydrogens (primary N) is 1. The number of unbranched alkanes of at least 4 members (excludes halogenated alkanes) is 1. The van der Waals surface area contributed by atoms with Crippen molar-refractivity contribution >= 4 is 36.3 Å². The van der Waals surface area contributed by atoms with Gasteiger partial charge >= 0.3 is 13.1 Å². The minimum atomic E-state index is -1.35. The Hall–Kier alpha value is -0.825. The summed E-state index contributed by atoms with van der Waals surface area (Å²) in [6, 6.07) is 5.83. The number of benzene rings is 1. The molecule has 1 unspecified atom stereocenters. The molecule has 6 nitrogen and oxygen atoms in total. The number of hydrogen-bond donors (Lipinski definition) is 5. The van der Waals surface area contributed by atoms with Gasteiger partial charge in [0.25, 0.3) is 0 Å². The molecule has 156 valence electrons. The van der Waals surface area contributed by atoms with Crippen LogP contribution < -0.4 is 11.1 Å². The van der Waals surface area contributed by atoms with Crippen molar-refractivity contribution in [1.29, 1.82) is 0 Å². The maximum Gasteiger partial charge on any atom is 0.451 e. The zero-order chi connectivity index (χ0) is 20.7. The SMILES string of the molecule is NC(CCCCB(O)O)(C(=O)O)C1CC(NCCCc2cc(Cl)cc(Cl)c2)C1. The Morgan fingerprint density at radius 1 is 1.18 bits per heavy atom. The lowest BCUT2D eigenvalue weighted by atomic mass is 9.66. The van der Waals surface area contributed by atoms with E-state index in [1.807, 2.05) is 12.1 Å². The lowest BCUT2D eigenvalue weighted by Gasteiger charge is -2.45. The summed E-state index contributed by atoms with van der Waals surface area (Å²) < 4.78 is 0. The highest BCUT2D eigenvalue weighted by Crippen LogP contribution is 2.38. The number of hydrogen-bond acceptors (Lipinski definition) is 5. The van der Waals surface area contributed by atoms with Gasteiger partial charge in [-0.25, -0.2) is 0 Å². The molecule has 6 N–H and O–H groups in total. The van der Waals surface area contributed by atoms with Crippen LogP contribution in [-0.4, -0.2) is 46.4 Å². The van der Waals surface area contributed by atoms with Crippen LogP contribution in [0.25, 0.3) is 0 Å². The monoisotopic (exact) mass is 430 g/mol. The molecule has 1 fully saturated rings. The van der Waals surface area contributed by atoms with Gasteiger partial charge in [0.15, 0.2) is 0 Å². The predicted molar refractivity (Wildman–Crippen MR) is 113 cm³/mol. The first-order valence-electron chi connectivity index (χ1n) is 9.77. The van der Waals surface area contributed by atoms with E-state index in [0.29, 0.717) is 29.3 Å². The average Bonchev–Trinajstić information content (AvgIpc) is 2.55. The third-order valence-corrected chi connectivity index (χ3v) is 6.00. The molecule has 2 rings (SSSR count). The van der Waals surface area contributed by atoms with Crippen LogP contribution in [0.3, 0.4) is 0 Å². The van der Waals surface area contributed by atoms with Crippen molar-refractivity contribution in [3.63, 3.8) is 0 Å². The molecule has 0 bridgehead atoms. The first kappa shape index (κ1) is 23.5. The molecule has 1 aromatic rings. The molecule has 1 aromatic carbocycles. The van der Waals surface area contributed by atoms with E-state index in [2.05, 4.69) is 5.32 Å². The van der Waals surface area contributed by atoms with Gasteiger partial charge in [0, 0.05) is 16.1 Å². The predicted octanol–water partition coefficient (Wildman–Crippen LogP) is 2.72. The number of nitrogens with one attached hydrogen (secondary N) is 1. The Balaban J connectivity index is 1.68. The fraction of sp³-hybridized carbons (Fsp3) is 0.632. The van der Waals surface area contributed by atoms with Crippen LogP contribution in [0.5, 0.6) is 0 Å². The van der Waals surface area contributed by atoms with Gasteiger partial charge in [-0.2, -0.15) is 0 Å². The smallest absolute Gasteiger partial charge is 0.451 e. The molecule has 1 saturated carbocycles. The van der Waals surface area contributed by atoms with E-state index in [1.165, 1.54) is 0 Å². The molecule has 0 aromatic heterocycles. The van der Waals surface area contributed by atoms with E-state index in [0.717, 1.165) is 37.8 Å². The van der Waals surface area contributed by atoms with Gasteiger partial charge in [-0.05, 0) is 74.6 Å². The highest BCUT2D eigenvalue weighted by atomic mass is 35.5. The summed E-state index contributed by atoms with van der Waals surface area (Å²) in [6.45, 7) is 0.834. The largest absolute Gasteiger partial charge is 0.480 e. The van der Waals surface area contributed by atoms with Crippen molar-refractivity contribution in [2.45, 2.75) is 62.8 Å². The molecule has 1 aliphatic carbocycles. The van der Waals surface area contributed by atoms with Crippen LogP contribution in [0, 0.1) is 5.92 Å². The summed E-state index contributed by atoms with van der Waals surface area (Å²) in [7, 11) is -1.35. The number of rotatable bonds is 12. The normalized spacial score (nSPS) is 21.0. The van der Waals surface area contributed by atoms with E-state index in [-0.39, 0.29) is 18.3 Å². The Bertz CT molecular complexity index is 639. The van der Waals surface area contributed by atoms with Crippen LogP contribution in [0.1, 0.15) is 44.1 Å². The lowest BCUT2D eigenvalue weighted by molar-refractivity contribution is -0.148. The van der Waals surface area contributed by atoms with Crippen LogP contribution >= 0.6 is 23.2 Å². The Morgan fingerprint density at radius 2 is 1.82 bits per heavy atom. The number of carboxylic acids is 1.